The lowest BCUT2D eigenvalue weighted by molar-refractivity contribution is -0.0326. The van der Waals surface area contributed by atoms with Crippen molar-refractivity contribution < 1.29 is 23.1 Å². The zero-order valence-electron chi connectivity index (χ0n) is 8.83. The van der Waals surface area contributed by atoms with E-state index in [1.165, 1.54) is 12.1 Å². The van der Waals surface area contributed by atoms with Crippen molar-refractivity contribution in [1.29, 1.82) is 0 Å². The predicted octanol–water partition coefficient (Wildman–Crippen LogP) is 4.38. The molecule has 0 unspecified atom stereocenters. The highest BCUT2D eigenvalue weighted by Gasteiger charge is 2.27. The minimum Gasteiger partial charge on any atom is -0.478 e. The molecule has 0 aromatic heterocycles. The van der Waals surface area contributed by atoms with Gasteiger partial charge in [-0.3, -0.25) is 0 Å². The number of thioether (sulfide) groups is 2. The molecule has 18 heavy (non-hydrogen) atoms. The van der Waals surface area contributed by atoms with Crippen molar-refractivity contribution in [2.45, 2.75) is 10.4 Å². The number of benzene rings is 1. The van der Waals surface area contributed by atoms with Crippen LogP contribution in [0.3, 0.4) is 0 Å². The van der Waals surface area contributed by atoms with Crippen LogP contribution in [0.25, 0.3) is 0 Å². The fourth-order valence-corrected chi connectivity index (χ4v) is 2.77. The summed E-state index contributed by atoms with van der Waals surface area (Å²) in [4.78, 5) is 11.4. The third-order valence-corrected chi connectivity index (χ3v) is 4.11. The highest BCUT2D eigenvalue weighted by atomic mass is 35.5. The molecule has 100 valence electrons. The zero-order chi connectivity index (χ0) is 13.8. The largest absolute Gasteiger partial charge is 0.478 e. The van der Waals surface area contributed by atoms with E-state index in [9.17, 15) is 18.0 Å². The molecule has 1 aromatic carbocycles. The lowest BCUT2D eigenvalue weighted by Gasteiger charge is -2.06. The molecule has 0 radical (unpaired) electrons. The van der Waals surface area contributed by atoms with Gasteiger partial charge in [0.1, 0.15) is 0 Å². The van der Waals surface area contributed by atoms with Crippen LogP contribution in [0, 0.1) is 0 Å². The molecule has 8 heteroatoms. The molecule has 0 saturated carbocycles. The quantitative estimate of drug-likeness (QED) is 0.646. The Morgan fingerprint density at radius 3 is 2.56 bits per heavy atom. The van der Waals surface area contributed by atoms with E-state index in [4.69, 9.17) is 16.7 Å². The van der Waals surface area contributed by atoms with Gasteiger partial charge in [-0.1, -0.05) is 23.4 Å². The Morgan fingerprint density at radius 1 is 1.33 bits per heavy atom. The second-order valence-corrected chi connectivity index (χ2v) is 5.82. The van der Waals surface area contributed by atoms with Crippen LogP contribution < -0.4 is 0 Å². The van der Waals surface area contributed by atoms with Crippen LogP contribution in [0.15, 0.2) is 23.1 Å². The molecule has 2 nitrogen and oxygen atoms in total. The highest BCUT2D eigenvalue weighted by Crippen LogP contribution is 2.32. The van der Waals surface area contributed by atoms with Crippen molar-refractivity contribution >= 4 is 41.1 Å². The van der Waals surface area contributed by atoms with Gasteiger partial charge in [-0.25, -0.2) is 4.79 Å². The van der Waals surface area contributed by atoms with E-state index in [-0.39, 0.29) is 33.9 Å². The van der Waals surface area contributed by atoms with Crippen LogP contribution in [-0.2, 0) is 0 Å². The number of rotatable bonds is 5. The maximum atomic E-state index is 11.9. The SMILES string of the molecule is O=C(O)c1cc(SCCSC(F)(F)F)ccc1Cl. The van der Waals surface area contributed by atoms with Gasteiger partial charge in [-0.05, 0) is 18.2 Å². The number of carboxylic acid groups (broad SMARTS) is 1. The van der Waals surface area contributed by atoms with Crippen molar-refractivity contribution in [3.05, 3.63) is 28.8 Å². The zero-order valence-corrected chi connectivity index (χ0v) is 11.2. The van der Waals surface area contributed by atoms with Gasteiger partial charge in [0.05, 0.1) is 10.6 Å². The van der Waals surface area contributed by atoms with Gasteiger partial charge in [-0.2, -0.15) is 13.2 Å². The Balaban J connectivity index is 2.53. The van der Waals surface area contributed by atoms with Gasteiger partial charge < -0.3 is 5.11 Å². The molecule has 0 atom stereocenters. The van der Waals surface area contributed by atoms with Gasteiger partial charge in [0.15, 0.2) is 0 Å². The predicted molar refractivity (Wildman–Crippen MR) is 67.6 cm³/mol. The van der Waals surface area contributed by atoms with Crippen molar-refractivity contribution in [2.75, 3.05) is 11.5 Å². The molecule has 1 rings (SSSR count). The summed E-state index contributed by atoms with van der Waals surface area (Å²) in [6.45, 7) is 0. The molecule has 0 aliphatic carbocycles. The average molecular weight is 317 g/mol. The lowest BCUT2D eigenvalue weighted by atomic mass is 10.2. The molecule has 0 heterocycles. The lowest BCUT2D eigenvalue weighted by Crippen LogP contribution is -2.02. The first-order valence-corrected chi connectivity index (χ1v) is 7.01. The Bertz CT molecular complexity index is 438. The summed E-state index contributed by atoms with van der Waals surface area (Å²) < 4.78 is 35.6. The number of hydrogen-bond donors (Lipinski definition) is 1. The van der Waals surface area contributed by atoms with Crippen LogP contribution in [0.5, 0.6) is 0 Å². The maximum Gasteiger partial charge on any atom is 0.441 e. The molecule has 0 saturated heterocycles. The number of carboxylic acids is 1. The van der Waals surface area contributed by atoms with E-state index in [1.54, 1.807) is 6.07 Å². The fraction of sp³-hybridized carbons (Fsp3) is 0.300. The van der Waals surface area contributed by atoms with E-state index in [1.807, 2.05) is 0 Å². The van der Waals surface area contributed by atoms with Crippen LogP contribution in [0.1, 0.15) is 10.4 Å². The molecule has 0 fully saturated rings. The van der Waals surface area contributed by atoms with Crippen molar-refractivity contribution in [1.82, 2.24) is 0 Å². The summed E-state index contributed by atoms with van der Waals surface area (Å²) >= 11 is 6.73. The minimum atomic E-state index is -4.23. The Labute approximate surface area is 115 Å². The summed E-state index contributed by atoms with van der Waals surface area (Å²) in [6.07, 6.45) is 0. The number of halogens is 4. The van der Waals surface area contributed by atoms with Crippen molar-refractivity contribution in [3.8, 4) is 0 Å². The third kappa shape index (κ3) is 5.41. The molecule has 0 spiro atoms. The smallest absolute Gasteiger partial charge is 0.441 e. The van der Waals surface area contributed by atoms with Crippen LogP contribution in [0.2, 0.25) is 5.02 Å². The summed E-state index contributed by atoms with van der Waals surface area (Å²) in [5.41, 5.74) is -4.28. The molecule has 0 aliphatic rings. The number of aromatic carboxylic acids is 1. The summed E-state index contributed by atoms with van der Waals surface area (Å²) in [5.74, 6) is -1.00. The maximum absolute atomic E-state index is 11.9. The van der Waals surface area contributed by atoms with E-state index >= 15 is 0 Å². The van der Waals surface area contributed by atoms with E-state index in [2.05, 4.69) is 0 Å². The molecule has 0 amide bonds. The summed E-state index contributed by atoms with van der Waals surface area (Å²) in [6, 6.07) is 4.36. The van der Waals surface area contributed by atoms with Crippen LogP contribution >= 0.6 is 35.1 Å². The molecular weight excluding hydrogens is 309 g/mol. The Morgan fingerprint density at radius 2 is 2.00 bits per heavy atom. The number of alkyl halides is 3. The minimum absolute atomic E-state index is 0.0508. The van der Waals surface area contributed by atoms with E-state index < -0.39 is 11.5 Å². The Hall–Kier alpha value is -0.530. The fourth-order valence-electron chi connectivity index (χ4n) is 1.07. The second-order valence-electron chi connectivity index (χ2n) is 3.09. The van der Waals surface area contributed by atoms with E-state index in [0.717, 1.165) is 11.8 Å². The highest BCUT2D eigenvalue weighted by molar-refractivity contribution is 8.03. The molecule has 1 aromatic rings. The van der Waals surface area contributed by atoms with Gasteiger partial charge >= 0.3 is 11.5 Å². The molecular formula is C10H8ClF3O2S2. The Kier molecular flexibility index (Phi) is 5.68. The average Bonchev–Trinajstić information content (AvgIpc) is 2.24. The molecule has 0 bridgehead atoms. The standard InChI is InChI=1S/C10H8ClF3O2S2/c11-8-2-1-6(5-7(8)9(15)16)17-3-4-18-10(12,13)14/h1-2,5H,3-4H2,(H,15,16). The van der Waals surface area contributed by atoms with Gasteiger partial charge in [0, 0.05) is 16.4 Å². The van der Waals surface area contributed by atoms with Crippen molar-refractivity contribution in [2.24, 2.45) is 0 Å². The normalized spacial score (nSPS) is 11.6. The van der Waals surface area contributed by atoms with Crippen LogP contribution in [0.4, 0.5) is 13.2 Å². The van der Waals surface area contributed by atoms with Gasteiger partial charge in [0.25, 0.3) is 0 Å². The van der Waals surface area contributed by atoms with Crippen molar-refractivity contribution in [3.63, 3.8) is 0 Å². The van der Waals surface area contributed by atoms with E-state index in [0.29, 0.717) is 4.90 Å². The topological polar surface area (TPSA) is 37.3 Å². The second kappa shape index (κ2) is 6.58. The van der Waals surface area contributed by atoms with Gasteiger partial charge in [0.2, 0.25) is 0 Å². The first kappa shape index (κ1) is 15.5. The number of hydrogen-bond acceptors (Lipinski definition) is 3. The monoisotopic (exact) mass is 316 g/mol. The first-order valence-electron chi connectivity index (χ1n) is 4.66. The third-order valence-electron chi connectivity index (χ3n) is 1.79. The van der Waals surface area contributed by atoms with Gasteiger partial charge in [-0.15, -0.1) is 11.8 Å². The first-order chi connectivity index (χ1) is 8.29. The summed E-state index contributed by atoms with van der Waals surface area (Å²) in [7, 11) is 0. The molecule has 0 aliphatic heterocycles. The molecule has 1 N–H and O–H groups in total. The number of carbonyl (C=O) groups is 1. The summed E-state index contributed by atoms with van der Waals surface area (Å²) in [5, 5.41) is 8.93. The van der Waals surface area contributed by atoms with Crippen LogP contribution in [-0.4, -0.2) is 28.1 Å².